The monoisotopic (exact) mass is 441 g/mol. The summed E-state index contributed by atoms with van der Waals surface area (Å²) in [6, 6.07) is 8.02. The van der Waals surface area contributed by atoms with Crippen LogP contribution in [0.1, 0.15) is 38.7 Å². The lowest BCUT2D eigenvalue weighted by Crippen LogP contribution is -2.35. The largest absolute Gasteiger partial charge is 0.370 e. The number of hydrogen-bond acceptors (Lipinski definition) is 5. The van der Waals surface area contributed by atoms with Crippen LogP contribution in [0, 0.1) is 5.92 Å². The zero-order valence-corrected chi connectivity index (χ0v) is 19.3. The van der Waals surface area contributed by atoms with Crippen LogP contribution in [0.25, 0.3) is 17.0 Å². The summed E-state index contributed by atoms with van der Waals surface area (Å²) < 4.78 is 2.25. The van der Waals surface area contributed by atoms with Crippen molar-refractivity contribution in [2.24, 2.45) is 13.0 Å². The summed E-state index contributed by atoms with van der Waals surface area (Å²) in [5, 5.41) is 1.05. The molecular formula is C23H27N3O2S2. The molecule has 1 aromatic carbocycles. The highest BCUT2D eigenvalue weighted by atomic mass is 32.2. The summed E-state index contributed by atoms with van der Waals surface area (Å²) in [5.74, 6) is 0.591. The topological polar surface area (TPSA) is 45.6 Å². The summed E-state index contributed by atoms with van der Waals surface area (Å²) in [7, 11) is 1.80. The highest BCUT2D eigenvalue weighted by Crippen LogP contribution is 2.37. The van der Waals surface area contributed by atoms with E-state index in [2.05, 4.69) is 17.9 Å². The second-order valence-electron chi connectivity index (χ2n) is 8.15. The predicted octanol–water partition coefficient (Wildman–Crippen LogP) is 4.39. The van der Waals surface area contributed by atoms with E-state index in [-0.39, 0.29) is 11.5 Å². The number of para-hydroxylation sites is 1. The van der Waals surface area contributed by atoms with E-state index < -0.39 is 0 Å². The number of carbonyl (C=O) groups is 1. The van der Waals surface area contributed by atoms with E-state index >= 15 is 0 Å². The Balaban J connectivity index is 1.90. The van der Waals surface area contributed by atoms with Crippen molar-refractivity contribution in [1.82, 2.24) is 9.47 Å². The number of hydrogen-bond donors (Lipinski definition) is 0. The molecule has 0 bridgehead atoms. The number of nitrogens with zero attached hydrogens (tertiary/aromatic N) is 3. The first kappa shape index (κ1) is 21.1. The Kier molecular flexibility index (Phi) is 6.02. The normalized spacial score (nSPS) is 19.5. The minimum absolute atomic E-state index is 0.0805. The molecule has 0 unspecified atom stereocenters. The second kappa shape index (κ2) is 8.55. The van der Waals surface area contributed by atoms with Crippen molar-refractivity contribution >= 4 is 56.9 Å². The fourth-order valence-corrected chi connectivity index (χ4v) is 5.54. The maximum absolute atomic E-state index is 13.4. The van der Waals surface area contributed by atoms with Crippen molar-refractivity contribution < 1.29 is 4.79 Å². The first-order valence-corrected chi connectivity index (χ1v) is 11.8. The van der Waals surface area contributed by atoms with Crippen LogP contribution in [0.3, 0.4) is 0 Å². The number of carbonyl (C=O) groups excluding carboxylic acids is 1. The van der Waals surface area contributed by atoms with E-state index in [1.54, 1.807) is 22.6 Å². The molecule has 7 heteroatoms. The van der Waals surface area contributed by atoms with Crippen LogP contribution in [0.5, 0.6) is 0 Å². The van der Waals surface area contributed by atoms with Crippen molar-refractivity contribution in [3.63, 3.8) is 0 Å². The number of fused-ring (bicyclic) bond motifs is 1. The van der Waals surface area contributed by atoms with Gasteiger partial charge in [-0.05, 0) is 37.3 Å². The van der Waals surface area contributed by atoms with Crippen molar-refractivity contribution in [2.75, 3.05) is 24.5 Å². The summed E-state index contributed by atoms with van der Waals surface area (Å²) in [6.07, 6.45) is 4.81. The molecule has 2 saturated heterocycles. The summed E-state index contributed by atoms with van der Waals surface area (Å²) in [6.45, 7) is 6.73. The molecule has 2 fully saturated rings. The molecular weight excluding hydrogens is 414 g/mol. The second-order valence-corrected chi connectivity index (χ2v) is 9.82. The Hall–Kier alpha value is -2.12. The third-order valence-corrected chi connectivity index (χ3v) is 7.38. The van der Waals surface area contributed by atoms with Gasteiger partial charge in [-0.3, -0.25) is 14.5 Å². The zero-order valence-electron chi connectivity index (χ0n) is 17.7. The number of amides is 1. The van der Waals surface area contributed by atoms with Gasteiger partial charge in [0.05, 0.1) is 21.7 Å². The van der Waals surface area contributed by atoms with Crippen LogP contribution in [-0.4, -0.2) is 39.3 Å². The highest BCUT2D eigenvalue weighted by molar-refractivity contribution is 8.26. The lowest BCUT2D eigenvalue weighted by molar-refractivity contribution is -0.122. The maximum Gasteiger partial charge on any atom is 0.266 e. The van der Waals surface area contributed by atoms with Crippen LogP contribution in [0.2, 0.25) is 0 Å². The molecule has 0 saturated carbocycles. The van der Waals surface area contributed by atoms with Crippen molar-refractivity contribution in [1.29, 1.82) is 0 Å². The highest BCUT2D eigenvalue weighted by Gasteiger charge is 2.32. The van der Waals surface area contributed by atoms with Crippen molar-refractivity contribution in [3.05, 3.63) is 45.1 Å². The fraction of sp³-hybridized carbons (Fsp3) is 0.435. The van der Waals surface area contributed by atoms with E-state index in [4.69, 9.17) is 12.2 Å². The van der Waals surface area contributed by atoms with Gasteiger partial charge in [-0.2, -0.15) is 0 Å². The number of anilines is 1. The molecule has 0 aliphatic carbocycles. The number of pyridine rings is 1. The number of rotatable bonds is 4. The van der Waals surface area contributed by atoms with Gasteiger partial charge >= 0.3 is 0 Å². The average Bonchev–Trinajstić information content (AvgIpc) is 3.01. The third kappa shape index (κ3) is 3.69. The molecule has 0 atom stereocenters. The number of benzene rings is 1. The molecule has 30 heavy (non-hydrogen) atoms. The predicted molar refractivity (Wildman–Crippen MR) is 130 cm³/mol. The van der Waals surface area contributed by atoms with Crippen LogP contribution in [-0.2, 0) is 11.8 Å². The van der Waals surface area contributed by atoms with Gasteiger partial charge in [0.15, 0.2) is 0 Å². The van der Waals surface area contributed by atoms with Crippen LogP contribution in [0.4, 0.5) is 5.69 Å². The van der Waals surface area contributed by atoms with Crippen LogP contribution >= 0.6 is 24.0 Å². The summed E-state index contributed by atoms with van der Waals surface area (Å²) in [4.78, 5) is 30.8. The lowest BCUT2D eigenvalue weighted by atomic mass is 9.97. The van der Waals surface area contributed by atoms with Gasteiger partial charge in [0, 0.05) is 32.1 Å². The molecule has 1 amide bonds. The van der Waals surface area contributed by atoms with Gasteiger partial charge in [0.2, 0.25) is 0 Å². The Labute approximate surface area is 186 Å². The van der Waals surface area contributed by atoms with Gasteiger partial charge in [-0.25, -0.2) is 0 Å². The molecule has 2 aromatic rings. The molecule has 0 spiro atoms. The summed E-state index contributed by atoms with van der Waals surface area (Å²) >= 11 is 6.71. The number of aryl methyl sites for hydroxylation is 1. The molecule has 1 aromatic heterocycles. The van der Waals surface area contributed by atoms with Gasteiger partial charge in [-0.1, -0.05) is 56.0 Å². The van der Waals surface area contributed by atoms with Crippen molar-refractivity contribution in [3.8, 4) is 0 Å². The standard InChI is InChI=1S/C23H27N3O2S2/c1-4-11-26-22(28)19(30-23(26)29)14-17-20(25-12-9-15(2)10-13-25)16-7-5-6-8-18(16)24(3)21(17)27/h5-8,14-15H,4,9-13H2,1-3H3. The third-order valence-electron chi connectivity index (χ3n) is 6.01. The number of thioether (sulfide) groups is 1. The van der Waals surface area contributed by atoms with E-state index in [9.17, 15) is 9.59 Å². The quantitative estimate of drug-likeness (QED) is 0.520. The number of piperidine rings is 1. The first-order valence-electron chi connectivity index (χ1n) is 10.5. The van der Waals surface area contributed by atoms with Crippen molar-refractivity contribution in [2.45, 2.75) is 33.1 Å². The maximum atomic E-state index is 13.4. The average molecular weight is 442 g/mol. The molecule has 3 heterocycles. The van der Waals surface area contributed by atoms with Gasteiger partial charge in [0.25, 0.3) is 11.5 Å². The van der Waals surface area contributed by atoms with Crippen LogP contribution in [0.15, 0.2) is 34.0 Å². The number of aromatic nitrogens is 1. The summed E-state index contributed by atoms with van der Waals surface area (Å²) in [5.41, 5.74) is 2.36. The number of thiocarbonyl (C=S) groups is 1. The zero-order chi connectivity index (χ0) is 21.4. The Morgan fingerprint density at radius 3 is 2.60 bits per heavy atom. The minimum Gasteiger partial charge on any atom is -0.370 e. The molecule has 2 aliphatic heterocycles. The Bertz CT molecular complexity index is 1100. The van der Waals surface area contributed by atoms with E-state index in [1.807, 2.05) is 25.1 Å². The molecule has 4 rings (SSSR count). The van der Waals surface area contributed by atoms with Gasteiger partial charge in [0.1, 0.15) is 4.32 Å². The van der Waals surface area contributed by atoms with E-state index in [1.165, 1.54) is 11.8 Å². The Morgan fingerprint density at radius 1 is 1.20 bits per heavy atom. The lowest BCUT2D eigenvalue weighted by Gasteiger charge is -2.34. The molecule has 0 radical (unpaired) electrons. The smallest absolute Gasteiger partial charge is 0.266 e. The van der Waals surface area contributed by atoms with Crippen LogP contribution < -0.4 is 10.5 Å². The SMILES string of the molecule is CCCN1C(=O)C(=Cc2c(N3CCC(C)CC3)c3ccccc3n(C)c2=O)SC1=S. The molecule has 0 N–H and O–H groups in total. The molecule has 5 nitrogen and oxygen atoms in total. The molecule has 158 valence electrons. The Morgan fingerprint density at radius 2 is 1.90 bits per heavy atom. The van der Waals surface area contributed by atoms with Gasteiger partial charge < -0.3 is 9.47 Å². The van der Waals surface area contributed by atoms with E-state index in [0.29, 0.717) is 27.3 Å². The fourth-order valence-electron chi connectivity index (χ4n) is 4.25. The minimum atomic E-state index is -0.0970. The van der Waals surface area contributed by atoms with Gasteiger partial charge in [-0.15, -0.1) is 0 Å². The first-order chi connectivity index (χ1) is 14.4. The van der Waals surface area contributed by atoms with E-state index in [0.717, 1.165) is 48.9 Å². The molecule has 2 aliphatic rings.